The highest BCUT2D eigenvalue weighted by atomic mass is 15.1. The predicted octanol–water partition coefficient (Wildman–Crippen LogP) is 1.60. The normalized spacial score (nSPS) is 26.9. The Morgan fingerprint density at radius 3 is 3.12 bits per heavy atom. The summed E-state index contributed by atoms with van der Waals surface area (Å²) >= 11 is 0. The number of hydrogen-bond donors (Lipinski definition) is 2. The molecule has 2 heterocycles. The average Bonchev–Trinajstić information content (AvgIpc) is 2.81. The summed E-state index contributed by atoms with van der Waals surface area (Å²) in [6, 6.07) is 1.13. The zero-order valence-corrected chi connectivity index (χ0v) is 10.1. The molecule has 1 saturated heterocycles. The fraction of sp³-hybridized carbons (Fsp3) is 0.538. The molecule has 1 aromatic rings. The molecule has 2 aliphatic rings. The second kappa shape index (κ2) is 4.45. The van der Waals surface area contributed by atoms with Gasteiger partial charge in [-0.2, -0.15) is 0 Å². The molecule has 2 atom stereocenters. The van der Waals surface area contributed by atoms with E-state index in [9.17, 15) is 0 Å². The number of piperidine rings is 1. The number of fused-ring (bicyclic) bond motifs is 1. The van der Waals surface area contributed by atoms with Crippen LogP contribution in [0.4, 0.5) is 5.82 Å². The number of nitrogens with zero attached hydrogens (tertiary/aromatic N) is 2. The van der Waals surface area contributed by atoms with E-state index < -0.39 is 0 Å². The lowest BCUT2D eigenvalue weighted by Gasteiger charge is -2.29. The van der Waals surface area contributed by atoms with Crippen molar-refractivity contribution in [3.05, 3.63) is 23.7 Å². The summed E-state index contributed by atoms with van der Waals surface area (Å²) in [6.45, 7) is 3.25. The van der Waals surface area contributed by atoms with Gasteiger partial charge in [0.15, 0.2) is 0 Å². The zero-order valence-electron chi connectivity index (χ0n) is 10.1. The fourth-order valence-corrected chi connectivity index (χ4v) is 2.49. The van der Waals surface area contributed by atoms with Crippen LogP contribution in [0.1, 0.15) is 31.0 Å². The van der Waals surface area contributed by atoms with E-state index in [0.29, 0.717) is 12.1 Å². The Morgan fingerprint density at radius 1 is 1.35 bits per heavy atom. The molecule has 17 heavy (non-hydrogen) atoms. The van der Waals surface area contributed by atoms with Gasteiger partial charge in [-0.05, 0) is 19.8 Å². The first-order chi connectivity index (χ1) is 8.33. The van der Waals surface area contributed by atoms with Gasteiger partial charge in [-0.25, -0.2) is 9.97 Å². The van der Waals surface area contributed by atoms with Gasteiger partial charge >= 0.3 is 0 Å². The largest absolute Gasteiger partial charge is 0.365 e. The Balaban J connectivity index is 1.73. The topological polar surface area (TPSA) is 49.8 Å². The first-order valence-corrected chi connectivity index (χ1v) is 6.33. The van der Waals surface area contributed by atoms with Crippen molar-refractivity contribution in [3.8, 4) is 0 Å². The standard InChI is InChI=1S/C13H18N4/c1-9-5-6-10(7-14-9)17-13-11-3-2-4-12(11)15-8-16-13/h2-3,8-10,14H,4-7H2,1H3,(H,15,16,17)/t9-,10+/m0/s1. The van der Waals surface area contributed by atoms with Crippen LogP contribution in [-0.4, -0.2) is 28.6 Å². The van der Waals surface area contributed by atoms with Crippen molar-refractivity contribution in [2.75, 3.05) is 11.9 Å². The van der Waals surface area contributed by atoms with Crippen LogP contribution < -0.4 is 10.6 Å². The summed E-state index contributed by atoms with van der Waals surface area (Å²) in [5.74, 6) is 0.991. The van der Waals surface area contributed by atoms with E-state index in [1.54, 1.807) is 6.33 Å². The molecule has 0 unspecified atom stereocenters. The molecule has 0 radical (unpaired) electrons. The van der Waals surface area contributed by atoms with E-state index in [4.69, 9.17) is 0 Å². The minimum absolute atomic E-state index is 0.485. The van der Waals surface area contributed by atoms with E-state index in [-0.39, 0.29) is 0 Å². The summed E-state index contributed by atoms with van der Waals surface area (Å²) in [7, 11) is 0. The average molecular weight is 230 g/mol. The first-order valence-electron chi connectivity index (χ1n) is 6.33. The maximum absolute atomic E-state index is 4.36. The van der Waals surface area contributed by atoms with Crippen molar-refractivity contribution in [3.63, 3.8) is 0 Å². The molecule has 90 valence electrons. The number of rotatable bonds is 2. The Labute approximate surface area is 102 Å². The highest BCUT2D eigenvalue weighted by molar-refractivity contribution is 5.68. The van der Waals surface area contributed by atoms with Gasteiger partial charge in [0, 0.05) is 30.6 Å². The second-order valence-electron chi connectivity index (χ2n) is 4.92. The highest BCUT2D eigenvalue weighted by Crippen LogP contribution is 2.24. The Hall–Kier alpha value is -1.42. The second-order valence-corrected chi connectivity index (χ2v) is 4.92. The van der Waals surface area contributed by atoms with Crippen molar-refractivity contribution < 1.29 is 0 Å². The van der Waals surface area contributed by atoms with Gasteiger partial charge in [-0.15, -0.1) is 0 Å². The minimum Gasteiger partial charge on any atom is -0.365 e. The van der Waals surface area contributed by atoms with E-state index >= 15 is 0 Å². The van der Waals surface area contributed by atoms with Gasteiger partial charge < -0.3 is 10.6 Å². The fourth-order valence-electron chi connectivity index (χ4n) is 2.49. The molecule has 0 amide bonds. The summed E-state index contributed by atoms with van der Waals surface area (Å²) in [6.07, 6.45) is 9.29. The molecule has 0 saturated carbocycles. The molecule has 1 aliphatic heterocycles. The van der Waals surface area contributed by atoms with Crippen LogP contribution in [-0.2, 0) is 6.42 Å². The number of anilines is 1. The van der Waals surface area contributed by atoms with Crippen LogP contribution in [0.15, 0.2) is 12.4 Å². The number of nitrogens with one attached hydrogen (secondary N) is 2. The smallest absolute Gasteiger partial charge is 0.137 e. The molecule has 1 fully saturated rings. The number of allylic oxidation sites excluding steroid dienone is 1. The molecular weight excluding hydrogens is 212 g/mol. The molecular formula is C13H18N4. The highest BCUT2D eigenvalue weighted by Gasteiger charge is 2.20. The van der Waals surface area contributed by atoms with E-state index in [0.717, 1.165) is 24.5 Å². The molecule has 0 spiro atoms. The molecule has 2 N–H and O–H groups in total. The lowest BCUT2D eigenvalue weighted by molar-refractivity contribution is 0.398. The van der Waals surface area contributed by atoms with Crippen molar-refractivity contribution in [1.29, 1.82) is 0 Å². The van der Waals surface area contributed by atoms with E-state index in [1.807, 2.05) is 0 Å². The van der Waals surface area contributed by atoms with Gasteiger partial charge in [0.05, 0.1) is 5.69 Å². The first kappa shape index (κ1) is 10.7. The van der Waals surface area contributed by atoms with Crippen LogP contribution in [0.25, 0.3) is 6.08 Å². The minimum atomic E-state index is 0.485. The van der Waals surface area contributed by atoms with Crippen LogP contribution in [0, 0.1) is 0 Å². The van der Waals surface area contributed by atoms with Crippen LogP contribution >= 0.6 is 0 Å². The molecule has 1 aromatic heterocycles. The molecule has 0 aromatic carbocycles. The molecule has 4 nitrogen and oxygen atoms in total. The van der Waals surface area contributed by atoms with Crippen LogP contribution in [0.5, 0.6) is 0 Å². The Kier molecular flexibility index (Phi) is 2.81. The number of hydrogen-bond acceptors (Lipinski definition) is 4. The van der Waals surface area contributed by atoms with Crippen molar-refractivity contribution in [2.45, 2.75) is 38.3 Å². The molecule has 3 rings (SSSR count). The summed E-state index contributed by atoms with van der Waals surface area (Å²) in [5.41, 5.74) is 2.31. The van der Waals surface area contributed by atoms with Crippen LogP contribution in [0.3, 0.4) is 0 Å². The Morgan fingerprint density at radius 2 is 2.29 bits per heavy atom. The quantitative estimate of drug-likeness (QED) is 0.810. The zero-order chi connectivity index (χ0) is 11.7. The van der Waals surface area contributed by atoms with Gasteiger partial charge in [-0.1, -0.05) is 12.2 Å². The van der Waals surface area contributed by atoms with Gasteiger partial charge in [-0.3, -0.25) is 0 Å². The lowest BCUT2D eigenvalue weighted by Crippen LogP contribution is -2.43. The lowest BCUT2D eigenvalue weighted by atomic mass is 10.0. The third-order valence-corrected chi connectivity index (χ3v) is 3.56. The summed E-state index contributed by atoms with van der Waals surface area (Å²) < 4.78 is 0. The van der Waals surface area contributed by atoms with Gasteiger partial charge in [0.25, 0.3) is 0 Å². The summed E-state index contributed by atoms with van der Waals surface area (Å²) in [5, 5.41) is 7.03. The van der Waals surface area contributed by atoms with Crippen molar-refractivity contribution >= 4 is 11.9 Å². The third-order valence-electron chi connectivity index (χ3n) is 3.56. The molecule has 1 aliphatic carbocycles. The van der Waals surface area contributed by atoms with E-state index in [2.05, 4.69) is 39.7 Å². The van der Waals surface area contributed by atoms with E-state index in [1.165, 1.54) is 18.4 Å². The van der Waals surface area contributed by atoms with Gasteiger partial charge in [0.1, 0.15) is 12.1 Å². The maximum atomic E-state index is 4.36. The van der Waals surface area contributed by atoms with Crippen LogP contribution in [0.2, 0.25) is 0 Å². The Bertz CT molecular complexity index is 433. The maximum Gasteiger partial charge on any atom is 0.137 e. The third kappa shape index (κ3) is 2.17. The van der Waals surface area contributed by atoms with Gasteiger partial charge in [0.2, 0.25) is 0 Å². The monoisotopic (exact) mass is 230 g/mol. The molecule has 0 bridgehead atoms. The molecule has 4 heteroatoms. The summed E-state index contributed by atoms with van der Waals surface area (Å²) in [4.78, 5) is 8.66. The SMILES string of the molecule is C[C@H]1CC[C@@H](Nc2ncnc3c2C=CC3)CN1. The van der Waals surface area contributed by atoms with Crippen molar-refractivity contribution in [1.82, 2.24) is 15.3 Å². The predicted molar refractivity (Wildman–Crippen MR) is 68.9 cm³/mol. The van der Waals surface area contributed by atoms with Crippen molar-refractivity contribution in [2.24, 2.45) is 0 Å². The number of aromatic nitrogens is 2.